The number of rotatable bonds is 2. The standard InChI is InChI=1S/C2H3NO4.Ag/c4-2(5)1-3(6)7;/h1H2,(H,4,5);/q;+1/p-1. The Hall–Kier alpha value is -0.390. The topological polar surface area (TPSA) is 83.3 Å². The minimum atomic E-state index is -1.66. The van der Waals surface area contributed by atoms with Crippen LogP contribution < -0.4 is 5.11 Å². The van der Waals surface area contributed by atoms with Gasteiger partial charge in [-0.25, -0.2) is 0 Å². The molecule has 0 rings (SSSR count). The summed E-state index contributed by atoms with van der Waals surface area (Å²) in [5, 5.41) is 18.5. The molecule has 0 aromatic rings. The van der Waals surface area contributed by atoms with E-state index in [0.29, 0.717) is 0 Å². The van der Waals surface area contributed by atoms with Crippen molar-refractivity contribution in [2.75, 3.05) is 6.54 Å². The first-order valence-electron chi connectivity index (χ1n) is 1.44. The predicted octanol–water partition coefficient (Wildman–Crippen LogP) is -1.99. The molecule has 0 N–H and O–H groups in total. The second-order valence-corrected chi connectivity index (χ2v) is 0.863. The van der Waals surface area contributed by atoms with Crippen LogP contribution in [0.3, 0.4) is 0 Å². The number of hydrogen-bond acceptors (Lipinski definition) is 4. The molecule has 0 saturated heterocycles. The number of carboxylic acids is 1. The van der Waals surface area contributed by atoms with E-state index < -0.39 is 17.4 Å². The van der Waals surface area contributed by atoms with E-state index in [1.54, 1.807) is 0 Å². The van der Waals surface area contributed by atoms with E-state index in [4.69, 9.17) is 0 Å². The molecule has 0 aliphatic carbocycles. The molecule has 0 aliphatic heterocycles. The van der Waals surface area contributed by atoms with E-state index in [1.165, 1.54) is 0 Å². The Morgan fingerprint density at radius 3 is 2.00 bits per heavy atom. The van der Waals surface area contributed by atoms with Gasteiger partial charge < -0.3 is 9.90 Å². The van der Waals surface area contributed by atoms with Crippen LogP contribution in [-0.2, 0) is 27.2 Å². The Morgan fingerprint density at radius 2 is 2.00 bits per heavy atom. The number of carbonyl (C=O) groups is 1. The van der Waals surface area contributed by atoms with E-state index in [1.807, 2.05) is 0 Å². The molecular weight excluding hydrogens is 210 g/mol. The Kier molecular flexibility index (Phi) is 6.29. The molecule has 0 aromatic heterocycles. The van der Waals surface area contributed by atoms with Gasteiger partial charge in [-0.15, -0.1) is 0 Å². The van der Waals surface area contributed by atoms with Crippen molar-refractivity contribution in [1.82, 2.24) is 0 Å². The Labute approximate surface area is 60.3 Å². The molecule has 0 amide bonds. The summed E-state index contributed by atoms with van der Waals surface area (Å²) in [7, 11) is 0. The second kappa shape index (κ2) is 4.76. The van der Waals surface area contributed by atoms with E-state index in [-0.39, 0.29) is 22.4 Å². The molecule has 0 unspecified atom stereocenters. The third kappa shape index (κ3) is 9.15. The number of aliphatic carboxylic acids is 1. The summed E-state index contributed by atoms with van der Waals surface area (Å²) in [5.74, 6) is -1.66. The summed E-state index contributed by atoms with van der Waals surface area (Å²) in [6, 6.07) is 0. The monoisotopic (exact) mass is 211 g/mol. The summed E-state index contributed by atoms with van der Waals surface area (Å²) in [4.78, 5) is 17.5. The Bertz CT molecular complexity index is 90.2. The van der Waals surface area contributed by atoms with Crippen LogP contribution in [0.1, 0.15) is 0 Å². The van der Waals surface area contributed by atoms with Gasteiger partial charge in [-0.05, 0) is 0 Å². The number of nitro groups is 1. The number of nitrogens with zero attached hydrogens (tertiary/aromatic N) is 1. The number of carbonyl (C=O) groups excluding carboxylic acids is 1. The SMILES string of the molecule is O=C([O-])C[N+](=O)[O-].[Ag+]. The maximum Gasteiger partial charge on any atom is 1.00 e. The van der Waals surface area contributed by atoms with Crippen LogP contribution in [0.15, 0.2) is 0 Å². The smallest absolute Gasteiger partial charge is 0.543 e. The van der Waals surface area contributed by atoms with Gasteiger partial charge in [0.1, 0.15) is 5.97 Å². The maximum atomic E-state index is 9.26. The van der Waals surface area contributed by atoms with Crippen LogP contribution in [-0.4, -0.2) is 17.4 Å². The first-order chi connectivity index (χ1) is 3.13. The maximum absolute atomic E-state index is 9.26. The average Bonchev–Trinajstić information content (AvgIpc) is 1.27. The minimum absolute atomic E-state index is 0. The normalized spacial score (nSPS) is 7.00. The molecule has 0 heterocycles. The van der Waals surface area contributed by atoms with Gasteiger partial charge in [0.25, 0.3) is 0 Å². The quantitative estimate of drug-likeness (QED) is 0.301. The third-order valence-corrected chi connectivity index (χ3v) is 0.258. The second-order valence-electron chi connectivity index (χ2n) is 0.863. The van der Waals surface area contributed by atoms with Crippen LogP contribution in [0.5, 0.6) is 0 Å². The number of hydrogen-bond donors (Lipinski definition) is 0. The average molecular weight is 212 g/mol. The zero-order valence-electron chi connectivity index (χ0n) is 3.59. The van der Waals surface area contributed by atoms with E-state index in [0.717, 1.165) is 0 Å². The molecular formula is C2H2AgNO4. The summed E-state index contributed by atoms with van der Waals surface area (Å²) in [5.41, 5.74) is 0. The van der Waals surface area contributed by atoms with E-state index in [9.17, 15) is 20.0 Å². The summed E-state index contributed by atoms with van der Waals surface area (Å²) >= 11 is 0. The van der Waals surface area contributed by atoms with Crippen molar-refractivity contribution in [1.29, 1.82) is 0 Å². The third-order valence-electron chi connectivity index (χ3n) is 0.258. The molecule has 0 saturated carbocycles. The van der Waals surface area contributed by atoms with Gasteiger partial charge in [-0.3, -0.25) is 10.1 Å². The van der Waals surface area contributed by atoms with Gasteiger partial charge in [-0.2, -0.15) is 0 Å². The fourth-order valence-corrected chi connectivity index (χ4v) is 0.105. The Morgan fingerprint density at radius 1 is 1.62 bits per heavy atom. The summed E-state index contributed by atoms with van der Waals surface area (Å²) in [6.45, 7) is -1.11. The van der Waals surface area contributed by atoms with Gasteiger partial charge in [0.2, 0.25) is 6.54 Å². The van der Waals surface area contributed by atoms with Crippen molar-refractivity contribution in [2.24, 2.45) is 0 Å². The van der Waals surface area contributed by atoms with Crippen LogP contribution in [0.25, 0.3) is 0 Å². The molecule has 6 heteroatoms. The zero-order chi connectivity index (χ0) is 5.86. The molecule has 0 aliphatic rings. The van der Waals surface area contributed by atoms with Gasteiger partial charge >= 0.3 is 22.4 Å². The van der Waals surface area contributed by atoms with Gasteiger partial charge in [-0.1, -0.05) is 0 Å². The van der Waals surface area contributed by atoms with Crippen LogP contribution in [0.4, 0.5) is 0 Å². The number of carboxylic acid groups (broad SMARTS) is 1. The van der Waals surface area contributed by atoms with E-state index >= 15 is 0 Å². The van der Waals surface area contributed by atoms with Crippen LogP contribution in [0, 0.1) is 10.1 Å². The molecule has 0 spiro atoms. The molecule has 50 valence electrons. The fraction of sp³-hybridized carbons (Fsp3) is 0.500. The molecule has 0 bridgehead atoms. The molecule has 0 radical (unpaired) electrons. The molecule has 0 atom stereocenters. The van der Waals surface area contributed by atoms with Crippen molar-refractivity contribution in [3.8, 4) is 0 Å². The summed E-state index contributed by atoms with van der Waals surface area (Å²) < 4.78 is 0. The molecule has 0 aromatic carbocycles. The van der Waals surface area contributed by atoms with Crippen molar-refractivity contribution in [3.63, 3.8) is 0 Å². The first-order valence-corrected chi connectivity index (χ1v) is 1.44. The van der Waals surface area contributed by atoms with Crippen molar-refractivity contribution < 1.29 is 37.2 Å². The van der Waals surface area contributed by atoms with Gasteiger partial charge in [0, 0.05) is 4.92 Å². The van der Waals surface area contributed by atoms with Crippen LogP contribution >= 0.6 is 0 Å². The minimum Gasteiger partial charge on any atom is -0.543 e. The Balaban J connectivity index is 0. The van der Waals surface area contributed by atoms with E-state index in [2.05, 4.69) is 0 Å². The fourth-order valence-electron chi connectivity index (χ4n) is 0.105. The van der Waals surface area contributed by atoms with Gasteiger partial charge in [0.05, 0.1) is 0 Å². The predicted molar refractivity (Wildman–Crippen MR) is 16.9 cm³/mol. The summed E-state index contributed by atoms with van der Waals surface area (Å²) in [6.07, 6.45) is 0. The van der Waals surface area contributed by atoms with Gasteiger partial charge in [0.15, 0.2) is 0 Å². The molecule has 8 heavy (non-hydrogen) atoms. The van der Waals surface area contributed by atoms with Crippen molar-refractivity contribution in [2.45, 2.75) is 0 Å². The molecule has 0 fully saturated rings. The largest absolute Gasteiger partial charge is 1.00 e. The first kappa shape index (κ1) is 10.6. The van der Waals surface area contributed by atoms with Crippen LogP contribution in [0.2, 0.25) is 0 Å². The van der Waals surface area contributed by atoms with Crippen molar-refractivity contribution >= 4 is 5.97 Å². The zero-order valence-corrected chi connectivity index (χ0v) is 5.07. The van der Waals surface area contributed by atoms with Crippen molar-refractivity contribution in [3.05, 3.63) is 10.1 Å². The molecule has 5 nitrogen and oxygen atoms in total.